The fourth-order valence-corrected chi connectivity index (χ4v) is 3.01. The minimum Gasteiger partial charge on any atom is -0.480 e. The first kappa shape index (κ1) is 20.2. The molecule has 0 aliphatic carbocycles. The first-order chi connectivity index (χ1) is 11.0. The van der Waals surface area contributed by atoms with Gasteiger partial charge in [-0.1, -0.05) is 57.7 Å². The number of para-hydroxylation sites is 1. The fraction of sp³-hybridized carbons (Fsp3) is 0.500. The molecular formula is C18H25NO4S. The second kappa shape index (κ2) is 8.33. The van der Waals surface area contributed by atoms with Gasteiger partial charge in [-0.3, -0.25) is 14.4 Å². The highest BCUT2D eigenvalue weighted by atomic mass is 32.2. The van der Waals surface area contributed by atoms with Gasteiger partial charge in [-0.15, -0.1) is 0 Å². The first-order valence-corrected chi connectivity index (χ1v) is 8.78. The quantitative estimate of drug-likeness (QED) is 0.850. The van der Waals surface area contributed by atoms with Gasteiger partial charge in [-0.25, -0.2) is 0 Å². The molecule has 1 atom stereocenters. The van der Waals surface area contributed by atoms with Crippen LogP contribution in [0.4, 0.5) is 5.69 Å². The summed E-state index contributed by atoms with van der Waals surface area (Å²) in [5, 5.41) is 9.15. The molecule has 0 aliphatic rings. The van der Waals surface area contributed by atoms with E-state index in [9.17, 15) is 14.4 Å². The Labute approximate surface area is 147 Å². The summed E-state index contributed by atoms with van der Waals surface area (Å²) in [6, 6.07) is 7.17. The number of aryl methyl sites for hydroxylation is 1. The van der Waals surface area contributed by atoms with Crippen LogP contribution in [0.25, 0.3) is 0 Å². The third-order valence-electron chi connectivity index (χ3n) is 3.46. The Morgan fingerprint density at radius 2 is 1.79 bits per heavy atom. The van der Waals surface area contributed by atoms with Gasteiger partial charge in [0.15, 0.2) is 5.12 Å². The van der Waals surface area contributed by atoms with E-state index in [1.807, 2.05) is 39.8 Å². The number of carboxylic acid groups (broad SMARTS) is 1. The number of hydrogen-bond acceptors (Lipinski definition) is 4. The molecule has 6 heteroatoms. The molecule has 1 aromatic rings. The number of amides is 1. The van der Waals surface area contributed by atoms with Crippen LogP contribution in [-0.4, -0.2) is 34.4 Å². The van der Waals surface area contributed by atoms with E-state index in [1.165, 1.54) is 4.90 Å². The van der Waals surface area contributed by atoms with Crippen LogP contribution in [0.5, 0.6) is 0 Å². The SMILES string of the molecule is Cc1ccccc1N(CC(=O)O)C(=O)C(C)CSC(=O)C(C)(C)C. The number of carbonyl (C=O) groups excluding carboxylic acids is 2. The summed E-state index contributed by atoms with van der Waals surface area (Å²) in [5.41, 5.74) is 0.950. The van der Waals surface area contributed by atoms with Crippen LogP contribution in [0.2, 0.25) is 0 Å². The van der Waals surface area contributed by atoms with Crippen molar-refractivity contribution in [1.82, 2.24) is 0 Å². The number of aliphatic carboxylic acids is 1. The van der Waals surface area contributed by atoms with Gasteiger partial charge in [0.05, 0.1) is 0 Å². The molecular weight excluding hydrogens is 326 g/mol. The Bertz CT molecular complexity index is 622. The van der Waals surface area contributed by atoms with Crippen LogP contribution < -0.4 is 4.90 Å². The average Bonchev–Trinajstić information content (AvgIpc) is 2.48. The van der Waals surface area contributed by atoms with E-state index in [2.05, 4.69) is 0 Å². The van der Waals surface area contributed by atoms with Gasteiger partial charge < -0.3 is 10.0 Å². The van der Waals surface area contributed by atoms with E-state index < -0.39 is 23.8 Å². The molecule has 0 bridgehead atoms. The monoisotopic (exact) mass is 351 g/mol. The molecule has 0 saturated heterocycles. The molecule has 5 nitrogen and oxygen atoms in total. The zero-order valence-electron chi connectivity index (χ0n) is 14.8. The number of carboxylic acids is 1. The second-order valence-electron chi connectivity index (χ2n) is 6.85. The van der Waals surface area contributed by atoms with Gasteiger partial charge in [0.1, 0.15) is 6.54 Å². The topological polar surface area (TPSA) is 74.7 Å². The number of rotatable bonds is 6. The first-order valence-electron chi connectivity index (χ1n) is 7.80. The number of anilines is 1. The summed E-state index contributed by atoms with van der Waals surface area (Å²) in [4.78, 5) is 37.2. The lowest BCUT2D eigenvalue weighted by Gasteiger charge is -2.26. The van der Waals surface area contributed by atoms with Crippen LogP contribution in [0.15, 0.2) is 24.3 Å². The van der Waals surface area contributed by atoms with E-state index in [0.29, 0.717) is 11.4 Å². The van der Waals surface area contributed by atoms with Crippen LogP contribution in [0.1, 0.15) is 33.3 Å². The van der Waals surface area contributed by atoms with Gasteiger partial charge in [0.25, 0.3) is 0 Å². The molecule has 0 saturated carbocycles. The van der Waals surface area contributed by atoms with E-state index >= 15 is 0 Å². The van der Waals surface area contributed by atoms with Crippen LogP contribution >= 0.6 is 11.8 Å². The van der Waals surface area contributed by atoms with Crippen molar-refractivity contribution < 1.29 is 19.5 Å². The Balaban J connectivity index is 2.91. The van der Waals surface area contributed by atoms with Crippen molar-refractivity contribution in [3.63, 3.8) is 0 Å². The van der Waals surface area contributed by atoms with Crippen LogP contribution in [-0.2, 0) is 14.4 Å². The minimum atomic E-state index is -1.07. The lowest BCUT2D eigenvalue weighted by atomic mass is 10.00. The molecule has 0 aromatic heterocycles. The van der Waals surface area contributed by atoms with Crippen molar-refractivity contribution in [2.24, 2.45) is 11.3 Å². The fourth-order valence-electron chi connectivity index (χ4n) is 2.04. The highest BCUT2D eigenvalue weighted by Crippen LogP contribution is 2.26. The second-order valence-corrected chi connectivity index (χ2v) is 7.85. The average molecular weight is 351 g/mol. The van der Waals surface area contributed by atoms with Gasteiger partial charge in [-0.05, 0) is 18.6 Å². The molecule has 0 spiro atoms. The Kier molecular flexibility index (Phi) is 7.02. The van der Waals surface area contributed by atoms with E-state index in [-0.39, 0.29) is 11.0 Å². The summed E-state index contributed by atoms with van der Waals surface area (Å²) >= 11 is 1.12. The van der Waals surface area contributed by atoms with Crippen molar-refractivity contribution in [3.05, 3.63) is 29.8 Å². The van der Waals surface area contributed by atoms with Gasteiger partial charge in [-0.2, -0.15) is 0 Å². The van der Waals surface area contributed by atoms with Crippen LogP contribution in [0, 0.1) is 18.3 Å². The van der Waals surface area contributed by atoms with Gasteiger partial charge in [0.2, 0.25) is 5.91 Å². The molecule has 132 valence electrons. The molecule has 24 heavy (non-hydrogen) atoms. The Morgan fingerprint density at radius 3 is 2.29 bits per heavy atom. The maximum absolute atomic E-state index is 12.7. The van der Waals surface area contributed by atoms with Gasteiger partial charge in [0, 0.05) is 22.8 Å². The van der Waals surface area contributed by atoms with Crippen molar-refractivity contribution >= 4 is 34.4 Å². The highest BCUT2D eigenvalue weighted by Gasteiger charge is 2.28. The largest absolute Gasteiger partial charge is 0.480 e. The van der Waals surface area contributed by atoms with Crippen molar-refractivity contribution in [3.8, 4) is 0 Å². The van der Waals surface area contributed by atoms with Crippen molar-refractivity contribution in [1.29, 1.82) is 0 Å². The molecule has 0 heterocycles. The molecule has 0 aliphatic heterocycles. The number of hydrogen-bond donors (Lipinski definition) is 1. The van der Waals surface area contributed by atoms with Crippen molar-refractivity contribution in [2.45, 2.75) is 34.6 Å². The number of carbonyl (C=O) groups is 3. The smallest absolute Gasteiger partial charge is 0.323 e. The van der Waals surface area contributed by atoms with E-state index in [0.717, 1.165) is 17.3 Å². The molecule has 0 fully saturated rings. The third kappa shape index (κ3) is 5.67. The number of thioether (sulfide) groups is 1. The Hall–Kier alpha value is -1.82. The molecule has 1 amide bonds. The molecule has 1 rings (SSSR count). The summed E-state index contributed by atoms with van der Waals surface area (Å²) in [6.45, 7) is 8.65. The summed E-state index contributed by atoms with van der Waals surface area (Å²) in [7, 11) is 0. The van der Waals surface area contributed by atoms with Crippen molar-refractivity contribution in [2.75, 3.05) is 17.2 Å². The number of benzene rings is 1. The molecule has 1 N–H and O–H groups in total. The predicted octanol–water partition coefficient (Wildman–Crippen LogP) is 3.35. The molecule has 1 unspecified atom stereocenters. The van der Waals surface area contributed by atoms with Crippen LogP contribution in [0.3, 0.4) is 0 Å². The molecule has 1 aromatic carbocycles. The minimum absolute atomic E-state index is 0.0165. The highest BCUT2D eigenvalue weighted by molar-refractivity contribution is 8.13. The van der Waals surface area contributed by atoms with E-state index in [4.69, 9.17) is 5.11 Å². The predicted molar refractivity (Wildman–Crippen MR) is 97.3 cm³/mol. The maximum atomic E-state index is 12.7. The summed E-state index contributed by atoms with van der Waals surface area (Å²) in [6.07, 6.45) is 0. The summed E-state index contributed by atoms with van der Waals surface area (Å²) < 4.78 is 0. The third-order valence-corrected chi connectivity index (χ3v) is 5.01. The molecule has 0 radical (unpaired) electrons. The van der Waals surface area contributed by atoms with E-state index in [1.54, 1.807) is 19.1 Å². The normalized spacial score (nSPS) is 12.5. The number of nitrogens with zero attached hydrogens (tertiary/aromatic N) is 1. The van der Waals surface area contributed by atoms with Gasteiger partial charge >= 0.3 is 5.97 Å². The standard InChI is InChI=1S/C18H25NO4S/c1-12-8-6-7-9-14(12)19(10-15(20)21)16(22)13(2)11-24-17(23)18(3,4)5/h6-9,13H,10-11H2,1-5H3,(H,20,21). The lowest BCUT2D eigenvalue weighted by Crippen LogP contribution is -2.40. The Morgan fingerprint density at radius 1 is 1.21 bits per heavy atom. The lowest BCUT2D eigenvalue weighted by molar-refractivity contribution is -0.137. The zero-order valence-corrected chi connectivity index (χ0v) is 15.6. The maximum Gasteiger partial charge on any atom is 0.323 e. The zero-order chi connectivity index (χ0) is 18.5. The summed E-state index contributed by atoms with van der Waals surface area (Å²) in [5.74, 6) is -1.49.